The first-order chi connectivity index (χ1) is 14.9. The monoisotopic (exact) mass is 419 g/mol. The molecular formula is C25H29N3O3. The van der Waals surface area contributed by atoms with Gasteiger partial charge in [-0.25, -0.2) is 4.79 Å². The summed E-state index contributed by atoms with van der Waals surface area (Å²) in [4.78, 5) is 40.9. The molecule has 1 unspecified atom stereocenters. The van der Waals surface area contributed by atoms with E-state index in [4.69, 9.17) is 0 Å². The number of hydrogen-bond donors (Lipinski definition) is 1. The van der Waals surface area contributed by atoms with E-state index in [1.165, 1.54) is 4.90 Å². The third-order valence-electron chi connectivity index (χ3n) is 6.23. The van der Waals surface area contributed by atoms with Crippen molar-refractivity contribution in [1.82, 2.24) is 9.80 Å². The smallest absolute Gasteiger partial charge is 0.326 e. The summed E-state index contributed by atoms with van der Waals surface area (Å²) in [5.41, 5.74) is 5.29. The number of aryl methyl sites for hydroxylation is 2. The number of fused-ring (bicyclic) bond motifs is 2. The van der Waals surface area contributed by atoms with Crippen molar-refractivity contribution in [2.45, 2.75) is 58.5 Å². The molecule has 0 saturated carbocycles. The molecule has 1 atom stereocenters. The zero-order valence-corrected chi connectivity index (χ0v) is 18.2. The number of carbonyl (C=O) groups excluding carboxylic acids is 3. The molecule has 6 nitrogen and oxygen atoms in total. The minimum absolute atomic E-state index is 0.00285. The number of unbranched alkanes of at least 4 members (excludes halogenated alkanes) is 2. The molecule has 1 saturated heterocycles. The summed E-state index contributed by atoms with van der Waals surface area (Å²) in [6.45, 7) is 4.90. The molecule has 0 aromatic heterocycles. The highest BCUT2D eigenvalue weighted by Gasteiger charge is 2.46. The average molecular weight is 420 g/mol. The molecule has 0 bridgehead atoms. The van der Waals surface area contributed by atoms with Gasteiger partial charge in [0.15, 0.2) is 0 Å². The summed E-state index contributed by atoms with van der Waals surface area (Å²) < 4.78 is 0. The fourth-order valence-corrected chi connectivity index (χ4v) is 4.40. The summed E-state index contributed by atoms with van der Waals surface area (Å²) in [6, 6.07) is 13.5. The van der Waals surface area contributed by atoms with E-state index in [9.17, 15) is 14.4 Å². The van der Waals surface area contributed by atoms with Gasteiger partial charge in [0.1, 0.15) is 6.04 Å². The number of anilines is 1. The Morgan fingerprint density at radius 3 is 2.61 bits per heavy atom. The Bertz CT molecular complexity index is 974. The van der Waals surface area contributed by atoms with E-state index >= 15 is 0 Å². The molecule has 1 fully saturated rings. The van der Waals surface area contributed by atoms with Crippen LogP contribution in [0.3, 0.4) is 0 Å². The normalized spacial score (nSPS) is 17.5. The minimum Gasteiger partial charge on any atom is -0.326 e. The Labute approximate surface area is 183 Å². The molecule has 2 aliphatic heterocycles. The van der Waals surface area contributed by atoms with Gasteiger partial charge in [-0.2, -0.15) is 0 Å². The van der Waals surface area contributed by atoms with Gasteiger partial charge in [-0.05, 0) is 55.0 Å². The van der Waals surface area contributed by atoms with Crippen molar-refractivity contribution in [3.05, 3.63) is 64.7 Å². The van der Waals surface area contributed by atoms with Crippen LogP contribution in [0.4, 0.5) is 10.5 Å². The van der Waals surface area contributed by atoms with Crippen LogP contribution in [0.5, 0.6) is 0 Å². The number of amides is 4. The first-order valence-electron chi connectivity index (χ1n) is 11.0. The van der Waals surface area contributed by atoms with Crippen molar-refractivity contribution in [1.29, 1.82) is 0 Å². The molecule has 4 rings (SSSR count). The van der Waals surface area contributed by atoms with Gasteiger partial charge in [-0.1, -0.05) is 42.8 Å². The summed E-state index contributed by atoms with van der Waals surface area (Å²) in [7, 11) is 0. The molecule has 0 spiro atoms. The van der Waals surface area contributed by atoms with E-state index in [1.54, 1.807) is 4.90 Å². The number of carbonyl (C=O) groups is 3. The lowest BCUT2D eigenvalue weighted by molar-refractivity contribution is -0.128. The largest absolute Gasteiger partial charge is 0.327 e. The molecule has 162 valence electrons. The van der Waals surface area contributed by atoms with Crippen molar-refractivity contribution in [3.63, 3.8) is 0 Å². The highest BCUT2D eigenvalue weighted by molar-refractivity contribution is 6.04. The van der Waals surface area contributed by atoms with Gasteiger partial charge in [-0.3, -0.25) is 14.5 Å². The maximum atomic E-state index is 12.8. The molecule has 1 N–H and O–H groups in total. The predicted molar refractivity (Wildman–Crippen MR) is 120 cm³/mol. The maximum absolute atomic E-state index is 12.8. The van der Waals surface area contributed by atoms with Gasteiger partial charge in [-0.15, -0.1) is 0 Å². The van der Waals surface area contributed by atoms with Crippen molar-refractivity contribution < 1.29 is 14.4 Å². The van der Waals surface area contributed by atoms with Crippen LogP contribution >= 0.6 is 0 Å². The van der Waals surface area contributed by atoms with E-state index in [0.29, 0.717) is 32.4 Å². The summed E-state index contributed by atoms with van der Waals surface area (Å²) >= 11 is 0. The van der Waals surface area contributed by atoms with Crippen LogP contribution in [0.15, 0.2) is 42.5 Å². The number of urea groups is 1. The lowest BCUT2D eigenvalue weighted by atomic mass is 9.95. The second kappa shape index (κ2) is 8.92. The average Bonchev–Trinajstić information content (AvgIpc) is 2.98. The predicted octanol–water partition coefficient (Wildman–Crippen LogP) is 4.19. The first kappa shape index (κ1) is 21.1. The van der Waals surface area contributed by atoms with Crippen molar-refractivity contribution >= 4 is 23.5 Å². The summed E-state index contributed by atoms with van der Waals surface area (Å²) in [5.74, 6) is -0.0934. The fraction of sp³-hybridized carbons (Fsp3) is 0.400. The topological polar surface area (TPSA) is 69.7 Å². The lowest BCUT2D eigenvalue weighted by Gasteiger charge is -2.28. The van der Waals surface area contributed by atoms with Crippen molar-refractivity contribution in [3.8, 4) is 0 Å². The minimum atomic E-state index is -0.370. The van der Waals surface area contributed by atoms with Crippen molar-refractivity contribution in [2.75, 3.05) is 11.9 Å². The molecule has 6 heteroatoms. The van der Waals surface area contributed by atoms with Crippen LogP contribution in [0.2, 0.25) is 0 Å². The van der Waals surface area contributed by atoms with Crippen molar-refractivity contribution in [2.24, 2.45) is 0 Å². The van der Waals surface area contributed by atoms with Gasteiger partial charge in [0.25, 0.3) is 5.91 Å². The zero-order chi connectivity index (χ0) is 22.0. The second-order valence-corrected chi connectivity index (χ2v) is 8.57. The van der Waals surface area contributed by atoms with E-state index in [0.717, 1.165) is 40.8 Å². The van der Waals surface area contributed by atoms with Gasteiger partial charge < -0.3 is 10.2 Å². The number of hydrogen-bond acceptors (Lipinski definition) is 3. The quantitative estimate of drug-likeness (QED) is 0.540. The van der Waals surface area contributed by atoms with Gasteiger partial charge in [0.2, 0.25) is 5.91 Å². The zero-order valence-electron chi connectivity index (χ0n) is 18.2. The van der Waals surface area contributed by atoms with Crippen LogP contribution in [-0.2, 0) is 22.6 Å². The molecule has 31 heavy (non-hydrogen) atoms. The molecule has 4 amide bonds. The SMILES string of the molecule is Cc1ccc(C)c(NC(=O)CCCCCN2C(=O)C3Cc4ccccc4CN3C2=O)c1. The number of nitrogens with one attached hydrogen (secondary N) is 1. The summed E-state index contributed by atoms with van der Waals surface area (Å²) in [5, 5.41) is 2.98. The second-order valence-electron chi connectivity index (χ2n) is 8.57. The molecule has 0 aliphatic carbocycles. The van der Waals surface area contributed by atoms with E-state index < -0.39 is 0 Å². The molecule has 2 heterocycles. The lowest BCUT2D eigenvalue weighted by Crippen LogP contribution is -2.39. The standard InChI is InChI=1S/C25H29N3O3/c1-17-11-12-18(2)21(14-17)26-23(29)10-4-3-7-13-27-24(30)22-15-19-8-5-6-9-20(19)16-28(22)25(27)31/h5-6,8-9,11-12,14,22H,3-4,7,10,13,15-16H2,1-2H3,(H,26,29). The first-order valence-corrected chi connectivity index (χ1v) is 11.0. The van der Waals surface area contributed by atoms with Crippen LogP contribution in [0.25, 0.3) is 0 Å². The molecular weight excluding hydrogens is 390 g/mol. The number of benzene rings is 2. The molecule has 2 aliphatic rings. The Balaban J connectivity index is 1.22. The van der Waals surface area contributed by atoms with E-state index in [-0.39, 0.29) is 23.9 Å². The Hall–Kier alpha value is -3.15. The number of rotatable bonds is 7. The highest BCUT2D eigenvalue weighted by atomic mass is 16.2. The molecule has 0 radical (unpaired) electrons. The number of imide groups is 1. The van der Waals surface area contributed by atoms with Crippen LogP contribution in [0.1, 0.15) is 47.9 Å². The third kappa shape index (κ3) is 4.48. The van der Waals surface area contributed by atoms with Crippen LogP contribution in [0, 0.1) is 13.8 Å². The maximum Gasteiger partial charge on any atom is 0.327 e. The Kier molecular flexibility index (Phi) is 6.07. The third-order valence-corrected chi connectivity index (χ3v) is 6.23. The van der Waals surface area contributed by atoms with Gasteiger partial charge >= 0.3 is 6.03 Å². The Morgan fingerprint density at radius 2 is 1.81 bits per heavy atom. The van der Waals surface area contributed by atoms with E-state index in [1.807, 2.05) is 56.3 Å². The fourth-order valence-electron chi connectivity index (χ4n) is 4.40. The van der Waals surface area contributed by atoms with Crippen LogP contribution < -0.4 is 5.32 Å². The summed E-state index contributed by atoms with van der Waals surface area (Å²) in [6.07, 6.45) is 3.25. The van der Waals surface area contributed by atoms with Gasteiger partial charge in [0, 0.05) is 31.6 Å². The van der Waals surface area contributed by atoms with E-state index in [2.05, 4.69) is 5.32 Å². The Morgan fingerprint density at radius 1 is 1.03 bits per heavy atom. The molecule has 2 aromatic carbocycles. The molecule has 2 aromatic rings. The van der Waals surface area contributed by atoms with Crippen LogP contribution in [-0.4, -0.2) is 40.2 Å². The van der Waals surface area contributed by atoms with Gasteiger partial charge in [0.05, 0.1) is 0 Å². The number of nitrogens with zero attached hydrogens (tertiary/aromatic N) is 2. The highest BCUT2D eigenvalue weighted by Crippen LogP contribution is 2.30.